The van der Waals surface area contributed by atoms with Crippen molar-refractivity contribution in [2.24, 2.45) is 0 Å². The molecule has 136 valence electrons. The number of hydrogen-bond acceptors (Lipinski definition) is 4. The number of nitrogens with one attached hydrogen (secondary N) is 2. The van der Waals surface area contributed by atoms with Gasteiger partial charge in [0.25, 0.3) is 0 Å². The van der Waals surface area contributed by atoms with Crippen molar-refractivity contribution in [3.05, 3.63) is 66.8 Å². The number of benzene rings is 2. The van der Waals surface area contributed by atoms with Crippen molar-refractivity contribution in [1.29, 1.82) is 0 Å². The van der Waals surface area contributed by atoms with Gasteiger partial charge in [-0.2, -0.15) is 0 Å². The van der Waals surface area contributed by atoms with Gasteiger partial charge in [0.05, 0.1) is 0 Å². The first-order valence-electron chi connectivity index (χ1n) is 8.47. The van der Waals surface area contributed by atoms with E-state index in [0.29, 0.717) is 28.4 Å². The maximum atomic E-state index is 11.6. The molecule has 0 unspecified atom stereocenters. The third kappa shape index (κ3) is 4.49. The molecule has 0 saturated carbocycles. The van der Waals surface area contributed by atoms with Crippen LogP contribution in [0.4, 0.5) is 11.4 Å². The van der Waals surface area contributed by atoms with Gasteiger partial charge in [-0.25, -0.2) is 4.98 Å². The van der Waals surface area contributed by atoms with Gasteiger partial charge >= 0.3 is 0 Å². The first kappa shape index (κ1) is 18.1. The molecule has 3 aromatic rings. The predicted molar refractivity (Wildman–Crippen MR) is 106 cm³/mol. The van der Waals surface area contributed by atoms with Crippen LogP contribution in [0, 0.1) is 0 Å². The van der Waals surface area contributed by atoms with Gasteiger partial charge in [-0.15, -0.1) is 0 Å². The number of carbonyl (C=O) groups excluding carboxylic acids is 2. The van der Waals surface area contributed by atoms with Crippen molar-refractivity contribution in [2.45, 2.75) is 13.8 Å². The molecule has 0 radical (unpaired) electrons. The SMILES string of the molecule is CC=CC(=O)Nc1ccc(-c2nc3cc(NC(=O)C=CC)ccc3o2)cc1. The standard InChI is InChI=1S/C21H19N3O3/c1-3-5-19(25)22-15-9-7-14(8-10-15)21-24-17-13-16(11-12-18(17)27-21)23-20(26)6-4-2/h3-13H,1-2H3,(H,22,25)(H,23,26). The third-order valence-electron chi connectivity index (χ3n) is 3.69. The van der Waals surface area contributed by atoms with Crippen molar-refractivity contribution in [2.75, 3.05) is 10.6 Å². The van der Waals surface area contributed by atoms with Crippen LogP contribution >= 0.6 is 0 Å². The molecular formula is C21H19N3O3. The van der Waals surface area contributed by atoms with Gasteiger partial charge in [0.1, 0.15) is 5.52 Å². The molecule has 0 aliphatic rings. The van der Waals surface area contributed by atoms with Gasteiger partial charge in [-0.05, 0) is 68.5 Å². The zero-order valence-electron chi connectivity index (χ0n) is 15.0. The van der Waals surface area contributed by atoms with Gasteiger partial charge in [0.15, 0.2) is 5.58 Å². The van der Waals surface area contributed by atoms with E-state index < -0.39 is 0 Å². The molecule has 0 fully saturated rings. The molecule has 1 aromatic heterocycles. The molecule has 0 bridgehead atoms. The number of nitrogens with zero attached hydrogens (tertiary/aromatic N) is 1. The lowest BCUT2D eigenvalue weighted by Crippen LogP contribution is -2.07. The second-order valence-corrected chi connectivity index (χ2v) is 5.76. The van der Waals surface area contributed by atoms with Crippen LogP contribution in [0.15, 0.2) is 71.2 Å². The Bertz CT molecular complexity index is 1030. The second kappa shape index (κ2) is 8.14. The molecule has 1 heterocycles. The molecule has 0 aliphatic heterocycles. The van der Waals surface area contributed by atoms with Crippen molar-refractivity contribution in [1.82, 2.24) is 4.98 Å². The van der Waals surface area contributed by atoms with E-state index in [1.165, 1.54) is 12.2 Å². The summed E-state index contributed by atoms with van der Waals surface area (Å²) in [5.41, 5.74) is 3.39. The van der Waals surface area contributed by atoms with E-state index in [2.05, 4.69) is 15.6 Å². The summed E-state index contributed by atoms with van der Waals surface area (Å²) in [7, 11) is 0. The predicted octanol–water partition coefficient (Wildman–Crippen LogP) is 4.52. The number of oxazole rings is 1. The summed E-state index contributed by atoms with van der Waals surface area (Å²) in [5.74, 6) is 0.0870. The summed E-state index contributed by atoms with van der Waals surface area (Å²) >= 11 is 0. The van der Waals surface area contributed by atoms with Gasteiger partial charge in [-0.1, -0.05) is 12.2 Å². The van der Waals surface area contributed by atoms with Crippen LogP contribution in [0.2, 0.25) is 0 Å². The Hall–Kier alpha value is -3.67. The summed E-state index contributed by atoms with van der Waals surface area (Å²) in [4.78, 5) is 27.7. The molecule has 0 atom stereocenters. The highest BCUT2D eigenvalue weighted by Crippen LogP contribution is 2.27. The molecule has 6 heteroatoms. The van der Waals surface area contributed by atoms with Crippen LogP contribution in [-0.2, 0) is 9.59 Å². The maximum Gasteiger partial charge on any atom is 0.248 e. The number of rotatable bonds is 5. The molecular weight excluding hydrogens is 342 g/mol. The zero-order valence-corrected chi connectivity index (χ0v) is 15.0. The minimum atomic E-state index is -0.198. The minimum Gasteiger partial charge on any atom is -0.436 e. The maximum absolute atomic E-state index is 11.6. The second-order valence-electron chi connectivity index (χ2n) is 5.76. The van der Waals surface area contributed by atoms with Gasteiger partial charge in [0, 0.05) is 16.9 Å². The smallest absolute Gasteiger partial charge is 0.248 e. The van der Waals surface area contributed by atoms with E-state index in [1.807, 2.05) is 12.1 Å². The average molecular weight is 361 g/mol. The number of carbonyl (C=O) groups is 2. The summed E-state index contributed by atoms with van der Waals surface area (Å²) in [6, 6.07) is 12.5. The molecule has 0 saturated heterocycles. The number of anilines is 2. The fourth-order valence-corrected chi connectivity index (χ4v) is 2.50. The molecule has 6 nitrogen and oxygen atoms in total. The normalized spacial score (nSPS) is 11.3. The van der Waals surface area contributed by atoms with Gasteiger partial charge in [0.2, 0.25) is 17.7 Å². The van der Waals surface area contributed by atoms with E-state index in [-0.39, 0.29) is 11.8 Å². The lowest BCUT2D eigenvalue weighted by Gasteiger charge is -2.02. The Morgan fingerprint density at radius 1 is 0.889 bits per heavy atom. The van der Waals surface area contributed by atoms with Crippen molar-refractivity contribution in [3.8, 4) is 11.5 Å². The van der Waals surface area contributed by atoms with Crippen LogP contribution in [0.3, 0.4) is 0 Å². The number of amides is 2. The van der Waals surface area contributed by atoms with Crippen LogP contribution < -0.4 is 10.6 Å². The van der Waals surface area contributed by atoms with Crippen LogP contribution in [0.5, 0.6) is 0 Å². The molecule has 3 rings (SSSR count). The summed E-state index contributed by atoms with van der Waals surface area (Å²) in [6.07, 6.45) is 6.26. The van der Waals surface area contributed by atoms with E-state index in [9.17, 15) is 9.59 Å². The van der Waals surface area contributed by atoms with Gasteiger partial charge in [-0.3, -0.25) is 9.59 Å². The first-order valence-corrected chi connectivity index (χ1v) is 8.47. The number of hydrogen-bond donors (Lipinski definition) is 2. The zero-order chi connectivity index (χ0) is 19.2. The largest absolute Gasteiger partial charge is 0.436 e. The fourth-order valence-electron chi connectivity index (χ4n) is 2.50. The number of fused-ring (bicyclic) bond motifs is 1. The third-order valence-corrected chi connectivity index (χ3v) is 3.69. The molecule has 2 amide bonds. The number of allylic oxidation sites excluding steroid dienone is 2. The summed E-state index contributed by atoms with van der Waals surface area (Å²) in [6.45, 7) is 3.57. The molecule has 2 aromatic carbocycles. The fraction of sp³-hybridized carbons (Fsp3) is 0.0952. The molecule has 27 heavy (non-hydrogen) atoms. The van der Waals surface area contributed by atoms with Crippen LogP contribution in [-0.4, -0.2) is 16.8 Å². The van der Waals surface area contributed by atoms with Gasteiger partial charge < -0.3 is 15.1 Å². The highest BCUT2D eigenvalue weighted by Gasteiger charge is 2.10. The molecule has 2 N–H and O–H groups in total. The Labute approximate surface area is 156 Å². The van der Waals surface area contributed by atoms with Crippen LogP contribution in [0.25, 0.3) is 22.6 Å². The van der Waals surface area contributed by atoms with E-state index >= 15 is 0 Å². The van der Waals surface area contributed by atoms with E-state index in [4.69, 9.17) is 4.42 Å². The lowest BCUT2D eigenvalue weighted by molar-refractivity contribution is -0.112. The Morgan fingerprint density at radius 3 is 2.11 bits per heavy atom. The van der Waals surface area contributed by atoms with Crippen molar-refractivity contribution < 1.29 is 14.0 Å². The Balaban J connectivity index is 1.80. The van der Waals surface area contributed by atoms with E-state index in [1.54, 1.807) is 56.3 Å². The monoisotopic (exact) mass is 361 g/mol. The molecule has 0 aliphatic carbocycles. The summed E-state index contributed by atoms with van der Waals surface area (Å²) < 4.78 is 5.78. The number of aromatic nitrogens is 1. The topological polar surface area (TPSA) is 84.2 Å². The lowest BCUT2D eigenvalue weighted by atomic mass is 10.2. The molecule has 0 spiro atoms. The quantitative estimate of drug-likeness (QED) is 0.654. The highest BCUT2D eigenvalue weighted by molar-refractivity contribution is 6.00. The minimum absolute atomic E-state index is 0.181. The Morgan fingerprint density at radius 2 is 1.48 bits per heavy atom. The highest BCUT2D eigenvalue weighted by atomic mass is 16.3. The average Bonchev–Trinajstić information content (AvgIpc) is 3.06. The van der Waals surface area contributed by atoms with E-state index in [0.717, 1.165) is 5.56 Å². The first-order chi connectivity index (χ1) is 13.1. The van der Waals surface area contributed by atoms with Crippen molar-refractivity contribution in [3.63, 3.8) is 0 Å². The van der Waals surface area contributed by atoms with Crippen LogP contribution in [0.1, 0.15) is 13.8 Å². The Kier molecular flexibility index (Phi) is 5.47. The van der Waals surface area contributed by atoms with Crippen molar-refractivity contribution >= 4 is 34.3 Å². The summed E-state index contributed by atoms with van der Waals surface area (Å²) in [5, 5.41) is 5.53.